The predicted molar refractivity (Wildman–Crippen MR) is 72.3 cm³/mol. The van der Waals surface area contributed by atoms with E-state index in [-0.39, 0.29) is 12.5 Å². The molecule has 0 fully saturated rings. The van der Waals surface area contributed by atoms with Gasteiger partial charge in [0.2, 0.25) is 5.91 Å². The van der Waals surface area contributed by atoms with Crippen LogP contribution >= 0.6 is 0 Å². The third kappa shape index (κ3) is 8.18. The third-order valence-electron chi connectivity index (χ3n) is 2.32. The molecule has 5 heteroatoms. The summed E-state index contributed by atoms with van der Waals surface area (Å²) < 4.78 is 15.4. The molecular formula is C14H21NO4. The average Bonchev–Trinajstić information content (AvgIpc) is 2.44. The molecule has 1 rings (SSSR count). The van der Waals surface area contributed by atoms with Crippen LogP contribution in [0.3, 0.4) is 0 Å². The Morgan fingerprint density at radius 3 is 2.68 bits per heavy atom. The topological polar surface area (TPSA) is 56.8 Å². The molecule has 1 aromatic carbocycles. The second kappa shape index (κ2) is 10.3. The third-order valence-corrected chi connectivity index (χ3v) is 2.32. The van der Waals surface area contributed by atoms with Crippen molar-refractivity contribution in [1.29, 1.82) is 0 Å². The van der Waals surface area contributed by atoms with Crippen LogP contribution in [0.1, 0.15) is 6.42 Å². The van der Waals surface area contributed by atoms with Crippen LogP contribution in [-0.4, -0.2) is 46.0 Å². The summed E-state index contributed by atoms with van der Waals surface area (Å²) in [5.41, 5.74) is 0. The van der Waals surface area contributed by atoms with Gasteiger partial charge in [-0.1, -0.05) is 18.2 Å². The maximum absolute atomic E-state index is 11.3. The number of amides is 1. The minimum absolute atomic E-state index is 0.0723. The first-order valence-electron chi connectivity index (χ1n) is 6.34. The highest BCUT2D eigenvalue weighted by molar-refractivity contribution is 5.77. The molecule has 1 N–H and O–H groups in total. The minimum atomic E-state index is -0.115. The zero-order valence-electron chi connectivity index (χ0n) is 11.3. The lowest BCUT2D eigenvalue weighted by Gasteiger charge is -2.07. The van der Waals surface area contributed by atoms with Crippen molar-refractivity contribution in [3.8, 4) is 5.75 Å². The van der Waals surface area contributed by atoms with Gasteiger partial charge in [0.05, 0.1) is 19.8 Å². The van der Waals surface area contributed by atoms with E-state index in [9.17, 15) is 4.79 Å². The van der Waals surface area contributed by atoms with Gasteiger partial charge >= 0.3 is 0 Å². The van der Waals surface area contributed by atoms with Crippen molar-refractivity contribution < 1.29 is 19.0 Å². The van der Waals surface area contributed by atoms with Crippen LogP contribution in [0.5, 0.6) is 5.75 Å². The van der Waals surface area contributed by atoms with Crippen LogP contribution < -0.4 is 10.1 Å². The van der Waals surface area contributed by atoms with Gasteiger partial charge in [0, 0.05) is 13.7 Å². The van der Waals surface area contributed by atoms with Gasteiger partial charge in [0.25, 0.3) is 0 Å². The summed E-state index contributed by atoms with van der Waals surface area (Å²) in [4.78, 5) is 11.3. The van der Waals surface area contributed by atoms with Crippen molar-refractivity contribution in [1.82, 2.24) is 5.32 Å². The molecule has 0 heterocycles. The maximum Gasteiger partial charge on any atom is 0.246 e. The van der Waals surface area contributed by atoms with Gasteiger partial charge in [-0.05, 0) is 18.6 Å². The van der Waals surface area contributed by atoms with E-state index in [1.165, 1.54) is 0 Å². The summed E-state index contributed by atoms with van der Waals surface area (Å²) in [6, 6.07) is 9.60. The molecule has 5 nitrogen and oxygen atoms in total. The summed E-state index contributed by atoms with van der Waals surface area (Å²) in [7, 11) is 1.59. The second-order valence-electron chi connectivity index (χ2n) is 3.91. The normalized spacial score (nSPS) is 10.2. The van der Waals surface area contributed by atoms with Crippen molar-refractivity contribution in [2.45, 2.75) is 6.42 Å². The molecule has 19 heavy (non-hydrogen) atoms. The van der Waals surface area contributed by atoms with Crippen LogP contribution in [0.15, 0.2) is 30.3 Å². The summed E-state index contributed by atoms with van der Waals surface area (Å²) in [5.74, 6) is 0.729. The first-order valence-corrected chi connectivity index (χ1v) is 6.34. The number of methoxy groups -OCH3 is 1. The van der Waals surface area contributed by atoms with Gasteiger partial charge < -0.3 is 19.5 Å². The molecule has 0 aliphatic rings. The van der Waals surface area contributed by atoms with Gasteiger partial charge in [-0.15, -0.1) is 0 Å². The van der Waals surface area contributed by atoms with Gasteiger partial charge in [-0.3, -0.25) is 4.79 Å². The molecule has 0 atom stereocenters. The second-order valence-corrected chi connectivity index (χ2v) is 3.91. The lowest BCUT2D eigenvalue weighted by atomic mass is 10.3. The molecule has 0 aliphatic heterocycles. The minimum Gasteiger partial charge on any atom is -0.494 e. The fraction of sp³-hybridized carbons (Fsp3) is 0.500. The van der Waals surface area contributed by atoms with Crippen molar-refractivity contribution in [2.75, 3.05) is 40.1 Å². The molecule has 0 saturated carbocycles. The predicted octanol–water partition coefficient (Wildman–Crippen LogP) is 1.23. The standard InChI is InChI=1S/C14H21NO4/c1-17-10-11-18-12-14(16)15-8-5-9-19-13-6-3-2-4-7-13/h2-4,6-7H,5,8-12H2,1H3,(H,15,16). The van der Waals surface area contributed by atoms with E-state index < -0.39 is 0 Å². The van der Waals surface area contributed by atoms with Crippen molar-refractivity contribution >= 4 is 5.91 Å². The van der Waals surface area contributed by atoms with E-state index >= 15 is 0 Å². The van der Waals surface area contributed by atoms with Gasteiger partial charge in [0.1, 0.15) is 12.4 Å². The number of para-hydroxylation sites is 1. The highest BCUT2D eigenvalue weighted by atomic mass is 16.5. The van der Waals surface area contributed by atoms with Crippen LogP contribution in [0, 0.1) is 0 Å². The number of rotatable bonds is 10. The van der Waals surface area contributed by atoms with E-state index in [1.54, 1.807) is 7.11 Å². The Morgan fingerprint density at radius 1 is 1.16 bits per heavy atom. The van der Waals surface area contributed by atoms with Crippen molar-refractivity contribution in [2.24, 2.45) is 0 Å². The summed E-state index contributed by atoms with van der Waals surface area (Å²) >= 11 is 0. The molecule has 0 aliphatic carbocycles. The first kappa shape index (κ1) is 15.5. The molecule has 1 aromatic rings. The Kier molecular flexibility index (Phi) is 8.42. The molecule has 1 amide bonds. The van der Waals surface area contributed by atoms with E-state index in [0.29, 0.717) is 26.4 Å². The largest absolute Gasteiger partial charge is 0.494 e. The van der Waals surface area contributed by atoms with Crippen molar-refractivity contribution in [3.63, 3.8) is 0 Å². The lowest BCUT2D eigenvalue weighted by molar-refractivity contribution is -0.126. The number of hydrogen-bond donors (Lipinski definition) is 1. The summed E-state index contributed by atoms with van der Waals surface area (Å²) in [6.07, 6.45) is 0.763. The number of hydrogen-bond acceptors (Lipinski definition) is 4. The van der Waals surface area contributed by atoms with E-state index in [1.807, 2.05) is 30.3 Å². The fourth-order valence-corrected chi connectivity index (χ4v) is 1.36. The van der Waals surface area contributed by atoms with Gasteiger partial charge in [-0.2, -0.15) is 0 Å². The van der Waals surface area contributed by atoms with Crippen LogP contribution in [0.4, 0.5) is 0 Å². The van der Waals surface area contributed by atoms with Gasteiger partial charge in [-0.25, -0.2) is 0 Å². The lowest BCUT2D eigenvalue weighted by Crippen LogP contribution is -2.29. The zero-order chi connectivity index (χ0) is 13.8. The Hall–Kier alpha value is -1.59. The fourth-order valence-electron chi connectivity index (χ4n) is 1.36. The number of benzene rings is 1. The van der Waals surface area contributed by atoms with E-state index in [2.05, 4.69) is 5.32 Å². The summed E-state index contributed by atoms with van der Waals surface area (Å²) in [5, 5.41) is 2.76. The zero-order valence-corrected chi connectivity index (χ0v) is 11.3. The Balaban J connectivity index is 1.94. The van der Waals surface area contributed by atoms with Gasteiger partial charge in [0.15, 0.2) is 0 Å². The number of carbonyl (C=O) groups is 1. The average molecular weight is 267 g/mol. The van der Waals surface area contributed by atoms with E-state index in [0.717, 1.165) is 12.2 Å². The molecule has 0 bridgehead atoms. The summed E-state index contributed by atoms with van der Waals surface area (Å²) in [6.45, 7) is 2.16. The van der Waals surface area contributed by atoms with E-state index in [4.69, 9.17) is 14.2 Å². The first-order chi connectivity index (χ1) is 9.33. The van der Waals surface area contributed by atoms with Crippen LogP contribution in [-0.2, 0) is 14.3 Å². The molecule has 106 valence electrons. The molecule has 0 spiro atoms. The molecule has 0 radical (unpaired) electrons. The highest BCUT2D eigenvalue weighted by Gasteiger charge is 2.00. The maximum atomic E-state index is 11.3. The number of carbonyl (C=O) groups excluding carboxylic acids is 1. The highest BCUT2D eigenvalue weighted by Crippen LogP contribution is 2.07. The quantitative estimate of drug-likeness (QED) is 0.648. The smallest absolute Gasteiger partial charge is 0.246 e. The van der Waals surface area contributed by atoms with Crippen molar-refractivity contribution in [3.05, 3.63) is 30.3 Å². The molecule has 0 saturated heterocycles. The molecular weight excluding hydrogens is 246 g/mol. The Morgan fingerprint density at radius 2 is 1.95 bits per heavy atom. The number of nitrogens with one attached hydrogen (secondary N) is 1. The molecule has 0 aromatic heterocycles. The number of ether oxygens (including phenoxy) is 3. The Bertz CT molecular complexity index is 343. The monoisotopic (exact) mass is 267 g/mol. The SMILES string of the molecule is COCCOCC(=O)NCCCOc1ccccc1. The van der Waals surface area contributed by atoms with Crippen LogP contribution in [0.25, 0.3) is 0 Å². The Labute approximate surface area is 113 Å². The molecule has 0 unspecified atom stereocenters. The van der Waals surface area contributed by atoms with Crippen LogP contribution in [0.2, 0.25) is 0 Å².